The van der Waals surface area contributed by atoms with Crippen LogP contribution in [0, 0.1) is 11.3 Å². The van der Waals surface area contributed by atoms with Crippen molar-refractivity contribution in [3.63, 3.8) is 0 Å². The minimum atomic E-state index is -0.0440. The van der Waals surface area contributed by atoms with E-state index in [-0.39, 0.29) is 18.2 Å². The first kappa shape index (κ1) is 14.1. The molecule has 1 aliphatic heterocycles. The molecular weight excluding hydrogens is 254 g/mol. The van der Waals surface area contributed by atoms with Crippen molar-refractivity contribution in [1.82, 2.24) is 4.90 Å². The molecule has 0 N–H and O–H groups in total. The Hall–Kier alpha value is -2.35. The van der Waals surface area contributed by atoms with Gasteiger partial charge in [-0.25, -0.2) is 0 Å². The lowest BCUT2D eigenvalue weighted by Crippen LogP contribution is -2.34. The van der Waals surface area contributed by atoms with Gasteiger partial charge in [-0.1, -0.05) is 18.2 Å². The molecule has 5 nitrogen and oxygen atoms in total. The van der Waals surface area contributed by atoms with Crippen LogP contribution >= 0.6 is 0 Å². The van der Waals surface area contributed by atoms with Gasteiger partial charge in [-0.05, 0) is 11.6 Å². The largest absolute Gasteiger partial charge is 0.345 e. The van der Waals surface area contributed by atoms with E-state index in [0.717, 1.165) is 11.3 Å². The summed E-state index contributed by atoms with van der Waals surface area (Å²) in [6.45, 7) is 0.825. The summed E-state index contributed by atoms with van der Waals surface area (Å²) in [6, 6.07) is 9.67. The maximum absolute atomic E-state index is 11.9. The number of nitriles is 1. The van der Waals surface area contributed by atoms with Gasteiger partial charge in [0.1, 0.15) is 0 Å². The molecule has 1 aliphatic rings. The second-order valence-corrected chi connectivity index (χ2v) is 4.82. The second-order valence-electron chi connectivity index (χ2n) is 4.82. The zero-order chi connectivity index (χ0) is 14.5. The zero-order valence-electron chi connectivity index (χ0n) is 11.5. The molecular formula is C15H17N3O2. The number of fused-ring (bicyclic) bond motifs is 1. The van der Waals surface area contributed by atoms with Crippen LogP contribution in [0.3, 0.4) is 0 Å². The normalized spacial score (nSPS) is 13.0. The van der Waals surface area contributed by atoms with Crippen molar-refractivity contribution in [3.8, 4) is 6.07 Å². The molecule has 0 spiro atoms. The van der Waals surface area contributed by atoms with E-state index in [2.05, 4.69) is 0 Å². The van der Waals surface area contributed by atoms with Crippen molar-refractivity contribution in [3.05, 3.63) is 29.8 Å². The molecule has 20 heavy (non-hydrogen) atoms. The van der Waals surface area contributed by atoms with Crippen LogP contribution in [-0.4, -0.2) is 36.9 Å². The highest BCUT2D eigenvalue weighted by Gasteiger charge is 2.27. The summed E-state index contributed by atoms with van der Waals surface area (Å²) in [5, 5.41) is 8.50. The molecule has 5 heteroatoms. The average molecular weight is 271 g/mol. The van der Waals surface area contributed by atoms with Gasteiger partial charge in [0, 0.05) is 32.2 Å². The Morgan fingerprint density at radius 1 is 1.45 bits per heavy atom. The molecule has 1 aromatic carbocycles. The Labute approximate surface area is 118 Å². The first-order chi connectivity index (χ1) is 9.63. The minimum absolute atomic E-state index is 0.0404. The highest BCUT2D eigenvalue weighted by atomic mass is 16.2. The summed E-state index contributed by atoms with van der Waals surface area (Å²) < 4.78 is 0. The van der Waals surface area contributed by atoms with Crippen molar-refractivity contribution < 1.29 is 9.59 Å². The Kier molecular flexibility index (Phi) is 4.36. The molecule has 0 aromatic heterocycles. The molecule has 0 fully saturated rings. The van der Waals surface area contributed by atoms with E-state index in [9.17, 15) is 9.59 Å². The van der Waals surface area contributed by atoms with E-state index in [1.165, 1.54) is 4.90 Å². The van der Waals surface area contributed by atoms with Crippen LogP contribution in [0.2, 0.25) is 0 Å². The minimum Gasteiger partial charge on any atom is -0.345 e. The van der Waals surface area contributed by atoms with Gasteiger partial charge in [-0.2, -0.15) is 5.26 Å². The predicted octanol–water partition coefficient (Wildman–Crippen LogP) is 1.34. The van der Waals surface area contributed by atoms with Crippen LogP contribution in [-0.2, 0) is 16.0 Å². The van der Waals surface area contributed by atoms with E-state index in [0.29, 0.717) is 25.9 Å². The first-order valence-electron chi connectivity index (χ1n) is 6.62. The van der Waals surface area contributed by atoms with E-state index in [1.807, 2.05) is 30.3 Å². The van der Waals surface area contributed by atoms with Gasteiger partial charge in [0.05, 0.1) is 18.9 Å². The Morgan fingerprint density at radius 3 is 2.95 bits per heavy atom. The predicted molar refractivity (Wildman–Crippen MR) is 75.0 cm³/mol. The third-order valence-electron chi connectivity index (χ3n) is 3.46. The molecule has 1 heterocycles. The molecule has 0 unspecified atom stereocenters. The summed E-state index contributed by atoms with van der Waals surface area (Å²) in [7, 11) is 1.68. The van der Waals surface area contributed by atoms with Crippen molar-refractivity contribution in [2.24, 2.45) is 0 Å². The van der Waals surface area contributed by atoms with Gasteiger partial charge >= 0.3 is 0 Å². The molecule has 0 saturated carbocycles. The molecule has 0 atom stereocenters. The molecule has 0 bridgehead atoms. The number of carbonyl (C=O) groups is 2. The van der Waals surface area contributed by atoms with Gasteiger partial charge in [-0.3, -0.25) is 9.59 Å². The molecule has 0 radical (unpaired) electrons. The number of para-hydroxylation sites is 1. The number of amides is 2. The fraction of sp³-hybridized carbons (Fsp3) is 0.400. The van der Waals surface area contributed by atoms with Crippen molar-refractivity contribution >= 4 is 17.5 Å². The van der Waals surface area contributed by atoms with Crippen molar-refractivity contribution in [2.45, 2.75) is 19.3 Å². The Morgan fingerprint density at radius 2 is 2.20 bits per heavy atom. The lowest BCUT2D eigenvalue weighted by atomic mass is 10.2. The van der Waals surface area contributed by atoms with Crippen LogP contribution in [0.5, 0.6) is 0 Å². The highest BCUT2D eigenvalue weighted by molar-refractivity contribution is 6.01. The summed E-state index contributed by atoms with van der Waals surface area (Å²) in [4.78, 5) is 27.1. The smallest absolute Gasteiger partial charge is 0.231 e. The molecule has 2 amide bonds. The molecule has 104 valence electrons. The molecule has 0 aliphatic carbocycles. The lowest BCUT2D eigenvalue weighted by Gasteiger charge is -2.20. The zero-order valence-corrected chi connectivity index (χ0v) is 11.5. The number of carbonyl (C=O) groups excluding carboxylic acids is 2. The number of hydrogen-bond acceptors (Lipinski definition) is 3. The molecule has 2 rings (SSSR count). The van der Waals surface area contributed by atoms with E-state index >= 15 is 0 Å². The summed E-state index contributed by atoms with van der Waals surface area (Å²) >= 11 is 0. The lowest BCUT2D eigenvalue weighted by molar-refractivity contribution is -0.129. The maximum atomic E-state index is 11.9. The number of hydrogen-bond donors (Lipinski definition) is 0. The van der Waals surface area contributed by atoms with E-state index in [4.69, 9.17) is 5.26 Å². The Balaban J connectivity index is 1.93. The van der Waals surface area contributed by atoms with Gasteiger partial charge in [0.15, 0.2) is 0 Å². The van der Waals surface area contributed by atoms with Crippen LogP contribution in [0.1, 0.15) is 18.4 Å². The molecule has 1 aromatic rings. The second kappa shape index (κ2) is 6.20. The maximum Gasteiger partial charge on any atom is 0.231 e. The highest BCUT2D eigenvalue weighted by Crippen LogP contribution is 2.28. The number of nitrogens with zero attached hydrogens (tertiary/aromatic N) is 3. The third kappa shape index (κ3) is 2.97. The van der Waals surface area contributed by atoms with Gasteiger partial charge < -0.3 is 9.80 Å². The summed E-state index contributed by atoms with van der Waals surface area (Å²) in [5.41, 5.74) is 1.92. The fourth-order valence-corrected chi connectivity index (χ4v) is 2.30. The van der Waals surface area contributed by atoms with Gasteiger partial charge in [0.2, 0.25) is 11.8 Å². The molecule has 0 saturated heterocycles. The summed E-state index contributed by atoms with van der Waals surface area (Å²) in [6.07, 6.45) is 1.02. The first-order valence-corrected chi connectivity index (χ1v) is 6.62. The average Bonchev–Trinajstić information content (AvgIpc) is 2.77. The van der Waals surface area contributed by atoms with E-state index in [1.54, 1.807) is 11.9 Å². The van der Waals surface area contributed by atoms with Crippen LogP contribution in [0.25, 0.3) is 0 Å². The number of anilines is 1. The monoisotopic (exact) mass is 271 g/mol. The van der Waals surface area contributed by atoms with Crippen LogP contribution in [0.15, 0.2) is 24.3 Å². The topological polar surface area (TPSA) is 64.4 Å². The fourth-order valence-electron chi connectivity index (χ4n) is 2.30. The van der Waals surface area contributed by atoms with Crippen molar-refractivity contribution in [2.75, 3.05) is 25.0 Å². The summed E-state index contributed by atoms with van der Waals surface area (Å²) in [5.74, 6) is -0.00360. The SMILES string of the molecule is CN(CCC#N)C(=O)CCN1C(=O)Cc2ccccc21. The van der Waals surface area contributed by atoms with E-state index < -0.39 is 0 Å². The number of benzene rings is 1. The van der Waals surface area contributed by atoms with Gasteiger partial charge in [0.25, 0.3) is 0 Å². The Bertz CT molecular complexity index is 562. The quantitative estimate of drug-likeness (QED) is 0.811. The number of rotatable bonds is 5. The van der Waals surface area contributed by atoms with Gasteiger partial charge in [-0.15, -0.1) is 0 Å². The van der Waals surface area contributed by atoms with Crippen LogP contribution in [0.4, 0.5) is 5.69 Å². The van der Waals surface area contributed by atoms with Crippen molar-refractivity contribution in [1.29, 1.82) is 5.26 Å². The van der Waals surface area contributed by atoms with Crippen LogP contribution < -0.4 is 4.90 Å². The standard InChI is InChI=1S/C15H17N3O2/c1-17(9-4-8-16)14(19)7-10-18-13-6-3-2-5-12(13)11-15(18)20/h2-3,5-6H,4,7,9-11H2,1H3. The third-order valence-corrected chi connectivity index (χ3v) is 3.46.